The van der Waals surface area contributed by atoms with Gasteiger partial charge in [-0.3, -0.25) is 0 Å². The van der Waals surface area contributed by atoms with Gasteiger partial charge in [0.15, 0.2) is 5.96 Å². The predicted molar refractivity (Wildman–Crippen MR) is 115 cm³/mol. The molecule has 25 heavy (non-hydrogen) atoms. The Kier molecular flexibility index (Phi) is 7.55. The lowest BCUT2D eigenvalue weighted by Crippen LogP contribution is -2.32. The van der Waals surface area contributed by atoms with Crippen molar-refractivity contribution in [3.05, 3.63) is 53.6 Å². The minimum Gasteiger partial charge on any atom is -0.493 e. The molecular weight excluding hydrogens is 425 g/mol. The van der Waals surface area contributed by atoms with Gasteiger partial charge in [0.1, 0.15) is 5.75 Å². The smallest absolute Gasteiger partial charge is 0.188 e. The quantitative estimate of drug-likeness (QED) is 0.409. The van der Waals surface area contributed by atoms with Crippen LogP contribution in [0.5, 0.6) is 5.75 Å². The van der Waals surface area contributed by atoms with Gasteiger partial charge in [0.05, 0.1) is 13.2 Å². The van der Waals surface area contributed by atoms with E-state index in [1.807, 2.05) is 0 Å². The van der Waals surface area contributed by atoms with Crippen molar-refractivity contribution >= 4 is 29.9 Å². The van der Waals surface area contributed by atoms with Crippen LogP contribution in [0.4, 0.5) is 0 Å². The number of guanidine groups is 1. The Labute approximate surface area is 166 Å². The minimum absolute atomic E-state index is 0. The lowest BCUT2D eigenvalue weighted by Gasteiger charge is -2.18. The van der Waals surface area contributed by atoms with E-state index in [0.29, 0.717) is 12.5 Å². The van der Waals surface area contributed by atoms with Gasteiger partial charge >= 0.3 is 0 Å². The number of nitrogens with zero attached hydrogens (tertiary/aromatic N) is 1. The van der Waals surface area contributed by atoms with Gasteiger partial charge in [0.25, 0.3) is 0 Å². The van der Waals surface area contributed by atoms with Gasteiger partial charge in [0, 0.05) is 6.54 Å². The molecule has 0 unspecified atom stereocenters. The molecule has 4 nitrogen and oxygen atoms in total. The Hall–Kier alpha value is -1.76. The van der Waals surface area contributed by atoms with Crippen LogP contribution < -0.4 is 15.8 Å². The second kappa shape index (κ2) is 9.65. The first-order chi connectivity index (χ1) is 11.8. The lowest BCUT2D eigenvalue weighted by atomic mass is 9.98. The first kappa shape index (κ1) is 19.6. The van der Waals surface area contributed by atoms with Crippen LogP contribution in [0, 0.1) is 0 Å². The van der Waals surface area contributed by atoms with Crippen LogP contribution in [0.25, 0.3) is 11.1 Å². The Morgan fingerprint density at radius 2 is 1.92 bits per heavy atom. The van der Waals surface area contributed by atoms with Crippen molar-refractivity contribution < 1.29 is 4.74 Å². The van der Waals surface area contributed by atoms with Crippen molar-refractivity contribution in [2.45, 2.75) is 32.7 Å². The van der Waals surface area contributed by atoms with Crippen LogP contribution in [0.15, 0.2) is 47.5 Å². The average Bonchev–Trinajstić information content (AvgIpc) is 2.64. The number of rotatable bonds is 5. The van der Waals surface area contributed by atoms with Crippen LogP contribution in [-0.4, -0.2) is 19.1 Å². The molecule has 0 bridgehead atoms. The molecule has 1 aliphatic heterocycles. The average molecular weight is 451 g/mol. The van der Waals surface area contributed by atoms with Gasteiger partial charge in [-0.05, 0) is 53.6 Å². The molecule has 0 fully saturated rings. The summed E-state index contributed by atoms with van der Waals surface area (Å²) in [5.74, 6) is 1.54. The summed E-state index contributed by atoms with van der Waals surface area (Å²) < 4.78 is 5.68. The zero-order valence-electron chi connectivity index (χ0n) is 14.6. The third-order valence-electron chi connectivity index (χ3n) is 4.18. The number of hydrogen-bond donors (Lipinski definition) is 2. The number of halogens is 1. The minimum atomic E-state index is 0. The molecule has 2 aromatic rings. The molecule has 5 heteroatoms. The van der Waals surface area contributed by atoms with Crippen LogP contribution in [0.1, 0.15) is 30.9 Å². The molecule has 0 saturated heterocycles. The fourth-order valence-electron chi connectivity index (χ4n) is 2.83. The Bertz CT molecular complexity index is 713. The van der Waals surface area contributed by atoms with Gasteiger partial charge < -0.3 is 15.8 Å². The van der Waals surface area contributed by atoms with E-state index in [2.05, 4.69) is 59.7 Å². The zero-order valence-corrected chi connectivity index (χ0v) is 17.0. The second-order valence-electron chi connectivity index (χ2n) is 6.10. The number of benzene rings is 2. The fourth-order valence-corrected chi connectivity index (χ4v) is 2.83. The summed E-state index contributed by atoms with van der Waals surface area (Å²) in [7, 11) is 0. The summed E-state index contributed by atoms with van der Waals surface area (Å²) in [4.78, 5) is 4.36. The molecule has 3 N–H and O–H groups in total. The number of aryl methyl sites for hydroxylation is 1. The maximum Gasteiger partial charge on any atom is 0.188 e. The molecule has 0 spiro atoms. The van der Waals surface area contributed by atoms with Crippen molar-refractivity contribution in [2.24, 2.45) is 10.7 Å². The summed E-state index contributed by atoms with van der Waals surface area (Å²) in [6.07, 6.45) is 3.23. The second-order valence-corrected chi connectivity index (χ2v) is 6.10. The van der Waals surface area contributed by atoms with Crippen molar-refractivity contribution in [1.82, 2.24) is 5.32 Å². The number of fused-ring (bicyclic) bond motifs is 1. The summed E-state index contributed by atoms with van der Waals surface area (Å²) in [6.45, 7) is 4.39. The van der Waals surface area contributed by atoms with Gasteiger partial charge in [0.2, 0.25) is 0 Å². The molecular formula is C20H26IN3O. The Morgan fingerprint density at radius 1 is 1.16 bits per heavy atom. The van der Waals surface area contributed by atoms with Gasteiger partial charge in [-0.2, -0.15) is 0 Å². The van der Waals surface area contributed by atoms with Crippen molar-refractivity contribution in [2.75, 3.05) is 13.2 Å². The van der Waals surface area contributed by atoms with E-state index in [-0.39, 0.29) is 24.0 Å². The number of ether oxygens (including phenoxy) is 1. The maximum atomic E-state index is 5.82. The zero-order chi connectivity index (χ0) is 16.8. The standard InChI is InChI=1S/C20H25N3O.HI/c1-2-11-22-20(21)23-14-15-5-7-16(8-6-15)17-9-10-19-18(13-17)4-3-12-24-19;/h5-10,13H,2-4,11-12,14H2,1H3,(H3,21,22,23);1H. The van der Waals surface area contributed by atoms with E-state index in [0.717, 1.165) is 43.7 Å². The van der Waals surface area contributed by atoms with Crippen molar-refractivity contribution in [1.29, 1.82) is 0 Å². The summed E-state index contributed by atoms with van der Waals surface area (Å²) in [5, 5.41) is 3.08. The highest BCUT2D eigenvalue weighted by Gasteiger charge is 2.11. The van der Waals surface area contributed by atoms with Gasteiger partial charge in [-0.1, -0.05) is 37.3 Å². The fraction of sp³-hybridized carbons (Fsp3) is 0.350. The van der Waals surface area contributed by atoms with E-state index in [4.69, 9.17) is 10.5 Å². The highest BCUT2D eigenvalue weighted by molar-refractivity contribution is 14.0. The maximum absolute atomic E-state index is 5.82. The highest BCUT2D eigenvalue weighted by Crippen LogP contribution is 2.30. The van der Waals surface area contributed by atoms with Crippen LogP contribution in [0.2, 0.25) is 0 Å². The third-order valence-corrected chi connectivity index (χ3v) is 4.18. The molecule has 0 atom stereocenters. The van der Waals surface area contributed by atoms with Crippen LogP contribution in [0.3, 0.4) is 0 Å². The molecule has 1 aliphatic rings. The lowest BCUT2D eigenvalue weighted by molar-refractivity contribution is 0.288. The van der Waals surface area contributed by atoms with E-state index >= 15 is 0 Å². The molecule has 2 aromatic carbocycles. The molecule has 1 heterocycles. The van der Waals surface area contributed by atoms with E-state index in [1.165, 1.54) is 16.7 Å². The summed E-state index contributed by atoms with van der Waals surface area (Å²) in [5.41, 5.74) is 10.7. The molecule has 0 aromatic heterocycles. The van der Waals surface area contributed by atoms with Gasteiger partial charge in [-0.15, -0.1) is 24.0 Å². The van der Waals surface area contributed by atoms with Crippen LogP contribution >= 0.6 is 24.0 Å². The SMILES string of the molecule is CCCNC(N)=NCc1ccc(-c2ccc3c(c2)CCCO3)cc1.I. The molecule has 0 aliphatic carbocycles. The van der Waals surface area contributed by atoms with E-state index < -0.39 is 0 Å². The molecule has 0 radical (unpaired) electrons. The van der Waals surface area contributed by atoms with Crippen molar-refractivity contribution in [3.63, 3.8) is 0 Å². The number of hydrogen-bond acceptors (Lipinski definition) is 2. The molecule has 134 valence electrons. The monoisotopic (exact) mass is 451 g/mol. The Balaban J connectivity index is 0.00000225. The van der Waals surface area contributed by atoms with Gasteiger partial charge in [-0.25, -0.2) is 4.99 Å². The first-order valence-electron chi connectivity index (χ1n) is 8.65. The summed E-state index contributed by atoms with van der Waals surface area (Å²) >= 11 is 0. The van der Waals surface area contributed by atoms with Crippen LogP contribution in [-0.2, 0) is 13.0 Å². The number of nitrogens with one attached hydrogen (secondary N) is 1. The van der Waals surface area contributed by atoms with E-state index in [9.17, 15) is 0 Å². The Morgan fingerprint density at radius 3 is 2.68 bits per heavy atom. The third kappa shape index (κ3) is 5.36. The topological polar surface area (TPSA) is 59.6 Å². The molecule has 0 amide bonds. The summed E-state index contributed by atoms with van der Waals surface area (Å²) in [6, 6.07) is 15.0. The van der Waals surface area contributed by atoms with Crippen molar-refractivity contribution in [3.8, 4) is 16.9 Å². The van der Waals surface area contributed by atoms with E-state index in [1.54, 1.807) is 0 Å². The molecule has 3 rings (SSSR count). The highest BCUT2D eigenvalue weighted by atomic mass is 127. The molecule has 0 saturated carbocycles. The largest absolute Gasteiger partial charge is 0.493 e. The number of nitrogens with two attached hydrogens (primary N) is 1. The number of aliphatic imine (C=N–C) groups is 1. The predicted octanol–water partition coefficient (Wildman–Crippen LogP) is 4.11. The first-order valence-corrected chi connectivity index (χ1v) is 8.65. The normalized spacial score (nSPS) is 13.4.